The second-order valence-corrected chi connectivity index (χ2v) is 9.41. The second kappa shape index (κ2) is 11.1. The Labute approximate surface area is 188 Å². The molecule has 174 valence electrons. The molecule has 1 amide bonds. The summed E-state index contributed by atoms with van der Waals surface area (Å²) >= 11 is 0. The maximum absolute atomic E-state index is 13.5. The molecule has 10 heteroatoms. The predicted octanol–water partition coefficient (Wildman–Crippen LogP) is 1.87. The fraction of sp³-hybridized carbons (Fsp3) is 0.409. The lowest BCUT2D eigenvalue weighted by molar-refractivity contribution is -0.123. The van der Waals surface area contributed by atoms with Crippen molar-refractivity contribution in [3.8, 4) is 11.5 Å². The third-order valence-corrected chi connectivity index (χ3v) is 7.12. The lowest BCUT2D eigenvalue weighted by Crippen LogP contribution is -2.49. The molecule has 2 aromatic rings. The highest BCUT2D eigenvalue weighted by Gasteiger charge is 2.26. The molecule has 0 aliphatic carbocycles. The van der Waals surface area contributed by atoms with Gasteiger partial charge in [-0.3, -0.25) is 4.79 Å². The molecule has 3 rings (SSSR count). The van der Waals surface area contributed by atoms with Gasteiger partial charge in [0.2, 0.25) is 10.0 Å². The smallest absolute Gasteiger partial charge is 0.257 e. The molecule has 0 atom stereocenters. The fourth-order valence-corrected chi connectivity index (χ4v) is 4.87. The van der Waals surface area contributed by atoms with Gasteiger partial charge < -0.3 is 19.7 Å². The number of sulfonamides is 1. The number of methoxy groups -OCH3 is 1. The zero-order valence-electron chi connectivity index (χ0n) is 18.0. The van der Waals surface area contributed by atoms with Crippen LogP contribution in [0.5, 0.6) is 11.5 Å². The summed E-state index contributed by atoms with van der Waals surface area (Å²) in [6, 6.07) is 13.5. The minimum atomic E-state index is -3.40. The zero-order chi connectivity index (χ0) is 23.0. The van der Waals surface area contributed by atoms with Crippen molar-refractivity contribution in [3.63, 3.8) is 0 Å². The first-order valence-electron chi connectivity index (χ1n) is 10.4. The standard InChI is InChI=1S/C22H28FN3O5S/c1-30-19-9-7-18(8-10-19)25-12-14-26(15-13-25)32(28,29)16-4-11-24-22(27)17-31-21-6-3-2-5-20(21)23/h2-3,5-10H,4,11-17H2,1H3,(H,24,27). The van der Waals surface area contributed by atoms with Gasteiger partial charge in [0.25, 0.3) is 5.91 Å². The summed E-state index contributed by atoms with van der Waals surface area (Å²) in [5.74, 6) is -0.249. The first-order chi connectivity index (χ1) is 15.4. The summed E-state index contributed by atoms with van der Waals surface area (Å²) in [6.45, 7) is 1.91. The van der Waals surface area contributed by atoms with Gasteiger partial charge >= 0.3 is 0 Å². The Hall–Kier alpha value is -2.85. The molecule has 1 aliphatic heterocycles. The van der Waals surface area contributed by atoms with Crippen molar-refractivity contribution in [2.45, 2.75) is 6.42 Å². The van der Waals surface area contributed by atoms with Crippen LogP contribution in [0.15, 0.2) is 48.5 Å². The SMILES string of the molecule is COc1ccc(N2CCN(S(=O)(=O)CCCNC(=O)COc3ccccc3F)CC2)cc1. The molecule has 0 unspecified atom stereocenters. The number of halogens is 1. The van der Waals surface area contributed by atoms with Crippen LogP contribution in [-0.2, 0) is 14.8 Å². The Balaban J connectivity index is 1.36. The first kappa shape index (κ1) is 23.8. The van der Waals surface area contributed by atoms with Crippen molar-refractivity contribution in [3.05, 3.63) is 54.3 Å². The van der Waals surface area contributed by atoms with Crippen molar-refractivity contribution in [2.24, 2.45) is 0 Å². The molecule has 0 spiro atoms. The number of amides is 1. The third-order valence-electron chi connectivity index (χ3n) is 5.17. The van der Waals surface area contributed by atoms with Gasteiger partial charge in [-0.1, -0.05) is 12.1 Å². The minimum absolute atomic E-state index is 0.000917. The van der Waals surface area contributed by atoms with E-state index in [1.165, 1.54) is 22.5 Å². The number of para-hydroxylation sites is 1. The van der Waals surface area contributed by atoms with Crippen LogP contribution in [-0.4, -0.2) is 70.8 Å². The van der Waals surface area contributed by atoms with Crippen LogP contribution >= 0.6 is 0 Å². The summed E-state index contributed by atoms with van der Waals surface area (Å²) in [7, 11) is -1.79. The Morgan fingerprint density at radius 2 is 1.75 bits per heavy atom. The maximum atomic E-state index is 13.5. The fourth-order valence-electron chi connectivity index (χ4n) is 3.39. The number of rotatable bonds is 10. The van der Waals surface area contributed by atoms with E-state index < -0.39 is 21.7 Å². The topological polar surface area (TPSA) is 88.2 Å². The zero-order valence-corrected chi connectivity index (χ0v) is 18.8. The van der Waals surface area contributed by atoms with E-state index in [9.17, 15) is 17.6 Å². The average Bonchev–Trinajstić information content (AvgIpc) is 2.81. The highest BCUT2D eigenvalue weighted by atomic mass is 32.2. The van der Waals surface area contributed by atoms with Crippen LogP contribution in [0.1, 0.15) is 6.42 Å². The summed E-state index contributed by atoms with van der Waals surface area (Å²) < 4.78 is 50.5. The Morgan fingerprint density at radius 1 is 1.06 bits per heavy atom. The van der Waals surface area contributed by atoms with Crippen LogP contribution in [0.25, 0.3) is 0 Å². The summed E-state index contributed by atoms with van der Waals surface area (Å²) in [5.41, 5.74) is 1.03. The largest absolute Gasteiger partial charge is 0.497 e. The number of nitrogens with zero attached hydrogens (tertiary/aromatic N) is 2. The van der Waals surface area contributed by atoms with E-state index >= 15 is 0 Å². The van der Waals surface area contributed by atoms with Gasteiger partial charge in [-0.05, 0) is 42.8 Å². The van der Waals surface area contributed by atoms with Gasteiger partial charge in [-0.25, -0.2) is 12.8 Å². The van der Waals surface area contributed by atoms with Gasteiger partial charge in [0, 0.05) is 38.4 Å². The van der Waals surface area contributed by atoms with Gasteiger partial charge in [-0.15, -0.1) is 0 Å². The van der Waals surface area contributed by atoms with Crippen molar-refractivity contribution < 1.29 is 27.1 Å². The number of benzene rings is 2. The molecule has 1 saturated heterocycles. The van der Waals surface area contributed by atoms with Crippen LogP contribution in [0.4, 0.5) is 10.1 Å². The molecule has 1 aliphatic rings. The van der Waals surface area contributed by atoms with Crippen molar-refractivity contribution in [1.82, 2.24) is 9.62 Å². The number of carbonyl (C=O) groups excluding carboxylic acids is 1. The van der Waals surface area contributed by atoms with Crippen molar-refractivity contribution in [1.29, 1.82) is 0 Å². The molecule has 1 N–H and O–H groups in total. The molecular weight excluding hydrogens is 437 g/mol. The lowest BCUT2D eigenvalue weighted by Gasteiger charge is -2.35. The number of hydrogen-bond donors (Lipinski definition) is 1. The minimum Gasteiger partial charge on any atom is -0.497 e. The normalized spacial score (nSPS) is 14.8. The number of anilines is 1. The highest BCUT2D eigenvalue weighted by molar-refractivity contribution is 7.89. The molecular formula is C22H28FN3O5S. The van der Waals surface area contributed by atoms with Crippen LogP contribution in [0.2, 0.25) is 0 Å². The van der Waals surface area contributed by atoms with Gasteiger partial charge in [0.1, 0.15) is 5.75 Å². The molecule has 32 heavy (non-hydrogen) atoms. The van der Waals surface area contributed by atoms with E-state index in [0.29, 0.717) is 26.2 Å². The number of ether oxygens (including phenoxy) is 2. The molecule has 1 heterocycles. The highest BCUT2D eigenvalue weighted by Crippen LogP contribution is 2.21. The monoisotopic (exact) mass is 465 g/mol. The second-order valence-electron chi connectivity index (χ2n) is 7.32. The van der Waals surface area contributed by atoms with Gasteiger partial charge in [0.15, 0.2) is 18.2 Å². The quantitative estimate of drug-likeness (QED) is 0.539. The molecule has 1 fully saturated rings. The average molecular weight is 466 g/mol. The number of piperazine rings is 1. The van der Waals surface area contributed by atoms with Crippen LogP contribution < -0.4 is 19.7 Å². The Bertz CT molecular complexity index is 993. The molecule has 2 aromatic carbocycles. The van der Waals surface area contributed by atoms with Crippen LogP contribution in [0, 0.1) is 5.82 Å². The van der Waals surface area contributed by atoms with E-state index in [4.69, 9.17) is 9.47 Å². The molecule has 0 aromatic heterocycles. The van der Waals surface area contributed by atoms with Gasteiger partial charge in [-0.2, -0.15) is 4.31 Å². The van der Waals surface area contributed by atoms with Crippen LogP contribution in [0.3, 0.4) is 0 Å². The number of carbonyl (C=O) groups is 1. The number of hydrogen-bond acceptors (Lipinski definition) is 6. The van der Waals surface area contributed by atoms with E-state index in [1.807, 2.05) is 24.3 Å². The molecule has 0 saturated carbocycles. The van der Waals surface area contributed by atoms with Crippen molar-refractivity contribution >= 4 is 21.6 Å². The summed E-state index contributed by atoms with van der Waals surface area (Å²) in [5, 5.41) is 2.60. The predicted molar refractivity (Wildman–Crippen MR) is 120 cm³/mol. The molecule has 8 nitrogen and oxygen atoms in total. The first-order valence-corrected chi connectivity index (χ1v) is 12.0. The van der Waals surface area contributed by atoms with E-state index in [1.54, 1.807) is 13.2 Å². The summed E-state index contributed by atoms with van der Waals surface area (Å²) in [6.07, 6.45) is 0.284. The third kappa shape index (κ3) is 6.57. The van der Waals surface area contributed by atoms with E-state index in [0.717, 1.165) is 11.4 Å². The van der Waals surface area contributed by atoms with E-state index in [-0.39, 0.29) is 31.1 Å². The maximum Gasteiger partial charge on any atom is 0.257 e. The van der Waals surface area contributed by atoms with E-state index in [2.05, 4.69) is 10.2 Å². The summed E-state index contributed by atoms with van der Waals surface area (Å²) in [4.78, 5) is 14.0. The molecule has 0 bridgehead atoms. The number of nitrogens with one attached hydrogen (secondary N) is 1. The van der Waals surface area contributed by atoms with Crippen molar-refractivity contribution in [2.75, 3.05) is 57.1 Å². The Morgan fingerprint density at radius 3 is 2.41 bits per heavy atom. The van der Waals surface area contributed by atoms with Gasteiger partial charge in [0.05, 0.1) is 12.9 Å². The molecule has 0 radical (unpaired) electrons. The Kier molecular flexibility index (Phi) is 8.29. The lowest BCUT2D eigenvalue weighted by atomic mass is 10.2.